The number of nitrogens with two attached hydrogens (primary N) is 1. The number of halogens is 1. The normalized spacial score (nSPS) is 9.85. The van der Waals surface area contributed by atoms with E-state index in [0.717, 1.165) is 24.1 Å². The molecule has 0 bridgehead atoms. The number of aromatic nitrogens is 2. The summed E-state index contributed by atoms with van der Waals surface area (Å²) in [6.45, 7) is 1.29. The van der Waals surface area contributed by atoms with Crippen LogP contribution in [0.15, 0.2) is 36.4 Å². The molecule has 0 atom stereocenters. The summed E-state index contributed by atoms with van der Waals surface area (Å²) < 4.78 is 0. The lowest BCUT2D eigenvalue weighted by Crippen LogP contribution is -2.25. The van der Waals surface area contributed by atoms with E-state index in [2.05, 4.69) is 15.5 Å². The van der Waals surface area contributed by atoms with E-state index in [1.165, 1.54) is 0 Å². The molecule has 0 aliphatic carbocycles. The number of nitrogens with one attached hydrogen (secondary N) is 2. The highest BCUT2D eigenvalue weighted by Gasteiger charge is 2.09. The number of rotatable bonds is 6. The Morgan fingerprint density at radius 3 is 2.70 bits per heavy atom. The van der Waals surface area contributed by atoms with Gasteiger partial charge in [0.15, 0.2) is 0 Å². The first-order valence-corrected chi connectivity index (χ1v) is 6.40. The average Bonchev–Trinajstić information content (AvgIpc) is 2.94. The van der Waals surface area contributed by atoms with Crippen LogP contribution in [0.1, 0.15) is 23.3 Å². The molecule has 1 aromatic carbocycles. The van der Waals surface area contributed by atoms with Crippen molar-refractivity contribution in [1.82, 2.24) is 15.5 Å². The molecule has 1 amide bonds. The molecule has 1 aromatic heterocycles. The van der Waals surface area contributed by atoms with Gasteiger partial charge in [0, 0.05) is 12.1 Å². The van der Waals surface area contributed by atoms with Gasteiger partial charge in [0.05, 0.1) is 5.69 Å². The Kier molecular flexibility index (Phi) is 6.76. The summed E-state index contributed by atoms with van der Waals surface area (Å²) in [4.78, 5) is 11.8. The first kappa shape index (κ1) is 16.2. The first-order chi connectivity index (χ1) is 9.31. The molecule has 0 saturated heterocycles. The molecule has 6 heteroatoms. The van der Waals surface area contributed by atoms with Crippen LogP contribution < -0.4 is 11.1 Å². The molecule has 0 aliphatic rings. The molecule has 0 saturated carbocycles. The van der Waals surface area contributed by atoms with Gasteiger partial charge < -0.3 is 11.1 Å². The summed E-state index contributed by atoms with van der Waals surface area (Å²) in [5.74, 6) is -0.133. The smallest absolute Gasteiger partial charge is 0.269 e. The highest BCUT2D eigenvalue weighted by molar-refractivity contribution is 5.93. The van der Waals surface area contributed by atoms with E-state index in [1.54, 1.807) is 6.07 Å². The zero-order valence-electron chi connectivity index (χ0n) is 11.1. The van der Waals surface area contributed by atoms with Crippen LogP contribution in [0, 0.1) is 0 Å². The topological polar surface area (TPSA) is 83.8 Å². The van der Waals surface area contributed by atoms with Gasteiger partial charge in [-0.2, -0.15) is 5.10 Å². The molecule has 20 heavy (non-hydrogen) atoms. The van der Waals surface area contributed by atoms with Crippen LogP contribution in [-0.2, 0) is 0 Å². The van der Waals surface area contributed by atoms with Crippen molar-refractivity contribution in [3.8, 4) is 11.3 Å². The second-order valence-electron chi connectivity index (χ2n) is 4.28. The minimum atomic E-state index is -0.133. The first-order valence-electron chi connectivity index (χ1n) is 6.40. The Hall–Kier alpha value is -1.85. The van der Waals surface area contributed by atoms with Crippen LogP contribution in [-0.4, -0.2) is 29.2 Å². The maximum Gasteiger partial charge on any atom is 0.269 e. The third-order valence-corrected chi connectivity index (χ3v) is 2.81. The van der Waals surface area contributed by atoms with Gasteiger partial charge in [0.25, 0.3) is 5.91 Å². The molecule has 0 spiro atoms. The van der Waals surface area contributed by atoms with E-state index in [1.807, 2.05) is 30.3 Å². The molecule has 1 heterocycles. The zero-order valence-corrected chi connectivity index (χ0v) is 12.0. The number of amides is 1. The van der Waals surface area contributed by atoms with Crippen molar-refractivity contribution in [3.63, 3.8) is 0 Å². The Balaban J connectivity index is 0.00000200. The molecule has 5 nitrogen and oxygen atoms in total. The van der Waals surface area contributed by atoms with Crippen LogP contribution in [0.2, 0.25) is 0 Å². The Bertz CT molecular complexity index is 527. The molecule has 0 unspecified atom stereocenters. The van der Waals surface area contributed by atoms with Crippen LogP contribution in [0.25, 0.3) is 11.3 Å². The molecule has 2 aromatic rings. The van der Waals surface area contributed by atoms with Gasteiger partial charge in [-0.3, -0.25) is 9.89 Å². The highest BCUT2D eigenvalue weighted by atomic mass is 35.5. The van der Waals surface area contributed by atoms with Crippen LogP contribution >= 0.6 is 12.4 Å². The Labute approximate surface area is 124 Å². The summed E-state index contributed by atoms with van der Waals surface area (Å²) in [6, 6.07) is 11.5. The second-order valence-corrected chi connectivity index (χ2v) is 4.28. The number of H-pyrrole nitrogens is 1. The molecular weight excluding hydrogens is 276 g/mol. The van der Waals surface area contributed by atoms with E-state index < -0.39 is 0 Å². The van der Waals surface area contributed by atoms with Gasteiger partial charge in [-0.1, -0.05) is 30.3 Å². The number of carbonyl (C=O) groups excluding carboxylic acids is 1. The number of unbranched alkanes of at least 4 members (excludes halogenated alkanes) is 1. The van der Waals surface area contributed by atoms with Crippen molar-refractivity contribution in [2.24, 2.45) is 5.73 Å². The average molecular weight is 295 g/mol. The van der Waals surface area contributed by atoms with Crippen molar-refractivity contribution in [1.29, 1.82) is 0 Å². The van der Waals surface area contributed by atoms with Gasteiger partial charge in [-0.25, -0.2) is 0 Å². The minimum Gasteiger partial charge on any atom is -0.351 e. The van der Waals surface area contributed by atoms with Crippen LogP contribution in [0.4, 0.5) is 0 Å². The predicted octanol–water partition coefficient (Wildman–Crippen LogP) is 1.97. The fraction of sp³-hybridized carbons (Fsp3) is 0.286. The minimum absolute atomic E-state index is 0. The van der Waals surface area contributed by atoms with E-state index in [0.29, 0.717) is 18.8 Å². The molecule has 4 N–H and O–H groups in total. The highest BCUT2D eigenvalue weighted by Crippen LogP contribution is 2.16. The van der Waals surface area contributed by atoms with Gasteiger partial charge in [0.1, 0.15) is 5.69 Å². The number of nitrogens with zero attached hydrogens (tertiary/aromatic N) is 1. The van der Waals surface area contributed by atoms with E-state index >= 15 is 0 Å². The molecule has 0 fully saturated rings. The summed E-state index contributed by atoms with van der Waals surface area (Å²) in [6.07, 6.45) is 1.81. The van der Waals surface area contributed by atoms with E-state index in [4.69, 9.17) is 5.73 Å². The number of benzene rings is 1. The Morgan fingerprint density at radius 2 is 2.00 bits per heavy atom. The van der Waals surface area contributed by atoms with Gasteiger partial charge in [-0.05, 0) is 25.5 Å². The lowest BCUT2D eigenvalue weighted by molar-refractivity contribution is 0.0948. The lowest BCUT2D eigenvalue weighted by atomic mass is 10.1. The second kappa shape index (κ2) is 8.35. The zero-order chi connectivity index (χ0) is 13.5. The van der Waals surface area contributed by atoms with E-state index in [9.17, 15) is 4.79 Å². The number of hydrogen-bond acceptors (Lipinski definition) is 3. The number of hydrogen-bond donors (Lipinski definition) is 3. The van der Waals surface area contributed by atoms with Gasteiger partial charge in [-0.15, -0.1) is 12.4 Å². The number of carbonyl (C=O) groups is 1. The summed E-state index contributed by atoms with van der Waals surface area (Å²) >= 11 is 0. The van der Waals surface area contributed by atoms with Crippen LogP contribution in [0.3, 0.4) is 0 Å². The van der Waals surface area contributed by atoms with E-state index in [-0.39, 0.29) is 18.3 Å². The largest absolute Gasteiger partial charge is 0.351 e. The van der Waals surface area contributed by atoms with Crippen LogP contribution in [0.5, 0.6) is 0 Å². The SMILES string of the molecule is Cl.NCCCCNC(=O)c1cc(-c2ccccc2)n[nH]1. The molecule has 2 rings (SSSR count). The molecule has 0 radical (unpaired) electrons. The van der Waals surface area contributed by atoms with Gasteiger partial charge >= 0.3 is 0 Å². The fourth-order valence-electron chi connectivity index (χ4n) is 1.76. The van der Waals surface area contributed by atoms with Crippen molar-refractivity contribution < 1.29 is 4.79 Å². The number of aromatic amines is 1. The standard InChI is InChI=1S/C14H18N4O.ClH/c15-8-4-5-9-16-14(19)13-10-12(17-18-13)11-6-2-1-3-7-11;/h1-3,6-7,10H,4-5,8-9,15H2,(H,16,19)(H,17,18);1H. The molecular formula is C14H19ClN4O. The maximum atomic E-state index is 11.8. The monoisotopic (exact) mass is 294 g/mol. The predicted molar refractivity (Wildman–Crippen MR) is 81.9 cm³/mol. The van der Waals surface area contributed by atoms with Crippen molar-refractivity contribution >= 4 is 18.3 Å². The summed E-state index contributed by atoms with van der Waals surface area (Å²) in [7, 11) is 0. The van der Waals surface area contributed by atoms with Crippen molar-refractivity contribution in [3.05, 3.63) is 42.1 Å². The lowest BCUT2D eigenvalue weighted by Gasteiger charge is -2.01. The fourth-order valence-corrected chi connectivity index (χ4v) is 1.76. The quantitative estimate of drug-likeness (QED) is 0.712. The Morgan fingerprint density at radius 1 is 1.25 bits per heavy atom. The molecule has 108 valence electrons. The van der Waals surface area contributed by atoms with Crippen molar-refractivity contribution in [2.75, 3.05) is 13.1 Å². The third-order valence-electron chi connectivity index (χ3n) is 2.81. The van der Waals surface area contributed by atoms with Gasteiger partial charge in [0.2, 0.25) is 0 Å². The maximum absolute atomic E-state index is 11.8. The third kappa shape index (κ3) is 4.36. The summed E-state index contributed by atoms with van der Waals surface area (Å²) in [5.41, 5.74) is 7.63. The van der Waals surface area contributed by atoms with Crippen molar-refractivity contribution in [2.45, 2.75) is 12.8 Å². The summed E-state index contributed by atoms with van der Waals surface area (Å²) in [5, 5.41) is 9.74. The molecule has 0 aliphatic heterocycles.